The highest BCUT2D eigenvalue weighted by atomic mass is 16.5. The lowest BCUT2D eigenvalue weighted by molar-refractivity contribution is -0.122. The van der Waals surface area contributed by atoms with E-state index in [1.165, 1.54) is 0 Å². The third kappa shape index (κ3) is 4.23. The van der Waals surface area contributed by atoms with Crippen molar-refractivity contribution in [2.75, 3.05) is 12.4 Å². The van der Waals surface area contributed by atoms with Gasteiger partial charge in [-0.15, -0.1) is 0 Å². The van der Waals surface area contributed by atoms with Gasteiger partial charge in [0.15, 0.2) is 6.10 Å². The van der Waals surface area contributed by atoms with E-state index in [0.29, 0.717) is 18.0 Å². The van der Waals surface area contributed by atoms with E-state index in [9.17, 15) is 4.79 Å². The molecule has 0 saturated carbocycles. The Kier molecular flexibility index (Phi) is 5.38. The minimum absolute atomic E-state index is 0.212. The summed E-state index contributed by atoms with van der Waals surface area (Å²) in [6.07, 6.45) is -0.609. The maximum Gasteiger partial charge on any atom is 0.265 e. The first kappa shape index (κ1) is 15.9. The van der Waals surface area contributed by atoms with Crippen molar-refractivity contribution in [1.29, 1.82) is 0 Å². The fourth-order valence-corrected chi connectivity index (χ4v) is 1.88. The highest BCUT2D eigenvalue weighted by molar-refractivity contribution is 5.94. The van der Waals surface area contributed by atoms with Gasteiger partial charge in [-0.2, -0.15) is 0 Å². The normalized spacial score (nSPS) is 11.6. The second kappa shape index (κ2) is 7.47. The number of methoxy groups -OCH3 is 1. The monoisotopic (exact) mass is 300 g/mol. The molecule has 3 N–H and O–H groups in total. The van der Waals surface area contributed by atoms with Crippen LogP contribution in [0.5, 0.6) is 11.5 Å². The van der Waals surface area contributed by atoms with E-state index in [0.717, 1.165) is 11.3 Å². The summed E-state index contributed by atoms with van der Waals surface area (Å²) in [5.74, 6) is 1.14. The van der Waals surface area contributed by atoms with Crippen LogP contribution >= 0.6 is 0 Å². The van der Waals surface area contributed by atoms with E-state index in [1.807, 2.05) is 24.3 Å². The van der Waals surface area contributed by atoms with E-state index < -0.39 is 6.10 Å². The molecule has 0 aliphatic heterocycles. The van der Waals surface area contributed by atoms with Gasteiger partial charge < -0.3 is 20.5 Å². The smallest absolute Gasteiger partial charge is 0.265 e. The van der Waals surface area contributed by atoms with Crippen LogP contribution in [0.1, 0.15) is 12.5 Å². The molecule has 0 aliphatic rings. The average molecular weight is 300 g/mol. The number of benzene rings is 2. The predicted molar refractivity (Wildman–Crippen MR) is 86.0 cm³/mol. The van der Waals surface area contributed by atoms with Crippen LogP contribution < -0.4 is 20.5 Å². The Morgan fingerprint density at radius 1 is 1.09 bits per heavy atom. The molecule has 5 heteroatoms. The average Bonchev–Trinajstić information content (AvgIpc) is 2.56. The van der Waals surface area contributed by atoms with Crippen molar-refractivity contribution in [3.8, 4) is 11.5 Å². The first-order chi connectivity index (χ1) is 10.6. The Morgan fingerprint density at radius 3 is 2.23 bits per heavy atom. The molecule has 5 nitrogen and oxygen atoms in total. The third-order valence-corrected chi connectivity index (χ3v) is 3.20. The largest absolute Gasteiger partial charge is 0.497 e. The number of carbonyl (C=O) groups excluding carboxylic acids is 1. The number of anilines is 1. The van der Waals surface area contributed by atoms with E-state index in [1.54, 1.807) is 38.3 Å². The molecule has 1 unspecified atom stereocenters. The molecular weight excluding hydrogens is 280 g/mol. The number of nitrogens with two attached hydrogens (primary N) is 1. The number of rotatable bonds is 6. The molecule has 0 aliphatic carbocycles. The summed E-state index contributed by atoms with van der Waals surface area (Å²) < 4.78 is 10.7. The summed E-state index contributed by atoms with van der Waals surface area (Å²) in [5, 5.41) is 2.81. The van der Waals surface area contributed by atoms with Gasteiger partial charge in [0.1, 0.15) is 11.5 Å². The molecule has 1 atom stereocenters. The molecule has 2 rings (SSSR count). The quantitative estimate of drug-likeness (QED) is 0.860. The van der Waals surface area contributed by atoms with Gasteiger partial charge in [0.05, 0.1) is 7.11 Å². The van der Waals surface area contributed by atoms with Crippen LogP contribution in [0.25, 0.3) is 0 Å². The third-order valence-electron chi connectivity index (χ3n) is 3.20. The van der Waals surface area contributed by atoms with Gasteiger partial charge in [-0.1, -0.05) is 12.1 Å². The van der Waals surface area contributed by atoms with Crippen molar-refractivity contribution in [2.45, 2.75) is 19.6 Å². The van der Waals surface area contributed by atoms with Crippen molar-refractivity contribution >= 4 is 11.6 Å². The molecular formula is C17H20N2O3. The molecule has 0 saturated heterocycles. The highest BCUT2D eigenvalue weighted by Crippen LogP contribution is 2.18. The van der Waals surface area contributed by atoms with Crippen LogP contribution in [0.15, 0.2) is 48.5 Å². The van der Waals surface area contributed by atoms with Gasteiger partial charge >= 0.3 is 0 Å². The van der Waals surface area contributed by atoms with Crippen LogP contribution in [0, 0.1) is 0 Å². The van der Waals surface area contributed by atoms with Crippen molar-refractivity contribution in [3.63, 3.8) is 0 Å². The first-order valence-corrected chi connectivity index (χ1v) is 7.03. The van der Waals surface area contributed by atoms with E-state index in [2.05, 4.69) is 5.32 Å². The predicted octanol–water partition coefficient (Wildman–Crippen LogP) is 2.56. The standard InChI is InChI=1S/C17H20N2O3/c1-12(22-16-9-7-15(21-2)8-10-16)17(20)19-14-5-3-13(11-18)4-6-14/h3-10,12H,11,18H2,1-2H3,(H,19,20). The highest BCUT2D eigenvalue weighted by Gasteiger charge is 2.14. The Morgan fingerprint density at radius 2 is 1.68 bits per heavy atom. The maximum absolute atomic E-state index is 12.1. The zero-order valence-corrected chi connectivity index (χ0v) is 12.7. The van der Waals surface area contributed by atoms with Crippen molar-refractivity contribution in [3.05, 3.63) is 54.1 Å². The van der Waals surface area contributed by atoms with Gasteiger partial charge in [-0.05, 0) is 48.9 Å². The summed E-state index contributed by atoms with van der Waals surface area (Å²) in [7, 11) is 1.60. The molecule has 1 amide bonds. The molecule has 0 fully saturated rings. The summed E-state index contributed by atoms with van der Waals surface area (Å²) >= 11 is 0. The maximum atomic E-state index is 12.1. The fourth-order valence-electron chi connectivity index (χ4n) is 1.88. The van der Waals surface area contributed by atoms with Crippen LogP contribution in [0.2, 0.25) is 0 Å². The Bertz CT molecular complexity index is 609. The van der Waals surface area contributed by atoms with Crippen LogP contribution in [0.4, 0.5) is 5.69 Å². The summed E-state index contributed by atoms with van der Waals surface area (Å²) in [6, 6.07) is 14.5. The molecule has 0 bridgehead atoms. The fraction of sp³-hybridized carbons (Fsp3) is 0.235. The van der Waals surface area contributed by atoms with Gasteiger partial charge in [-0.25, -0.2) is 0 Å². The lowest BCUT2D eigenvalue weighted by Crippen LogP contribution is -2.30. The molecule has 116 valence electrons. The number of hydrogen-bond acceptors (Lipinski definition) is 4. The van der Waals surface area contributed by atoms with Gasteiger partial charge in [0.2, 0.25) is 0 Å². The van der Waals surface area contributed by atoms with Gasteiger partial charge in [0.25, 0.3) is 5.91 Å². The Balaban J connectivity index is 1.92. The number of carbonyl (C=O) groups is 1. The molecule has 0 spiro atoms. The Hall–Kier alpha value is -2.53. The number of hydrogen-bond donors (Lipinski definition) is 2. The minimum atomic E-state index is -0.609. The zero-order valence-electron chi connectivity index (χ0n) is 12.7. The minimum Gasteiger partial charge on any atom is -0.497 e. The molecule has 0 radical (unpaired) electrons. The second-order valence-electron chi connectivity index (χ2n) is 4.83. The first-order valence-electron chi connectivity index (χ1n) is 7.03. The number of amides is 1. The van der Waals surface area contributed by atoms with E-state index in [4.69, 9.17) is 15.2 Å². The summed E-state index contributed by atoms with van der Waals surface area (Å²) in [5.41, 5.74) is 7.27. The Labute approximate surface area is 130 Å². The number of nitrogens with one attached hydrogen (secondary N) is 1. The van der Waals surface area contributed by atoms with Crippen LogP contribution in [-0.2, 0) is 11.3 Å². The van der Waals surface area contributed by atoms with Crippen molar-refractivity contribution < 1.29 is 14.3 Å². The van der Waals surface area contributed by atoms with Crippen LogP contribution in [-0.4, -0.2) is 19.1 Å². The zero-order chi connectivity index (χ0) is 15.9. The van der Waals surface area contributed by atoms with E-state index >= 15 is 0 Å². The number of ether oxygens (including phenoxy) is 2. The molecule has 2 aromatic rings. The molecule has 0 aromatic heterocycles. The van der Waals surface area contributed by atoms with E-state index in [-0.39, 0.29) is 5.91 Å². The molecule has 2 aromatic carbocycles. The van der Waals surface area contributed by atoms with Crippen molar-refractivity contribution in [1.82, 2.24) is 0 Å². The van der Waals surface area contributed by atoms with Crippen LogP contribution in [0.3, 0.4) is 0 Å². The SMILES string of the molecule is COc1ccc(OC(C)C(=O)Nc2ccc(CN)cc2)cc1. The summed E-state index contributed by atoms with van der Waals surface area (Å²) in [4.78, 5) is 12.1. The molecule has 22 heavy (non-hydrogen) atoms. The van der Waals surface area contributed by atoms with Crippen molar-refractivity contribution in [2.24, 2.45) is 5.73 Å². The second-order valence-corrected chi connectivity index (χ2v) is 4.83. The summed E-state index contributed by atoms with van der Waals surface area (Å²) in [6.45, 7) is 2.18. The topological polar surface area (TPSA) is 73.6 Å². The van der Waals surface area contributed by atoms with Gasteiger partial charge in [0, 0.05) is 12.2 Å². The van der Waals surface area contributed by atoms with Gasteiger partial charge in [-0.3, -0.25) is 4.79 Å². The molecule has 0 heterocycles. The lowest BCUT2D eigenvalue weighted by atomic mass is 10.2. The lowest BCUT2D eigenvalue weighted by Gasteiger charge is -2.15.